The van der Waals surface area contributed by atoms with Crippen molar-refractivity contribution >= 4 is 11.6 Å². The summed E-state index contributed by atoms with van der Waals surface area (Å²) in [5.74, 6) is 0.229. The minimum absolute atomic E-state index is 0.0551. The van der Waals surface area contributed by atoms with E-state index in [0.717, 1.165) is 24.8 Å². The van der Waals surface area contributed by atoms with Gasteiger partial charge in [0.15, 0.2) is 17.6 Å². The number of carbonyl (C=O) groups excluding carboxylic acids is 1. The minimum Gasteiger partial charge on any atom is -0.493 e. The third-order valence-corrected chi connectivity index (χ3v) is 4.72. The summed E-state index contributed by atoms with van der Waals surface area (Å²) < 4.78 is 10.9. The fourth-order valence-corrected chi connectivity index (χ4v) is 3.31. The first-order valence-electron chi connectivity index (χ1n) is 8.87. The zero-order valence-electron chi connectivity index (χ0n) is 15.3. The van der Waals surface area contributed by atoms with Crippen LogP contribution in [0.4, 0.5) is 5.69 Å². The zero-order valence-corrected chi connectivity index (χ0v) is 15.3. The highest BCUT2D eigenvalue weighted by Crippen LogP contribution is 2.33. The molecule has 3 rings (SSSR count). The van der Waals surface area contributed by atoms with Gasteiger partial charge >= 0.3 is 0 Å². The Hall–Kier alpha value is -3.09. The van der Waals surface area contributed by atoms with Gasteiger partial charge in [-0.05, 0) is 43.4 Å². The molecule has 27 heavy (non-hydrogen) atoms. The summed E-state index contributed by atoms with van der Waals surface area (Å²) in [4.78, 5) is 23.1. The van der Waals surface area contributed by atoms with Crippen molar-refractivity contribution in [2.24, 2.45) is 0 Å². The van der Waals surface area contributed by atoms with Crippen molar-refractivity contribution in [3.63, 3.8) is 0 Å². The number of amides is 1. The number of hydrogen-bond acceptors (Lipinski definition) is 5. The molecule has 0 bridgehead atoms. The van der Waals surface area contributed by atoms with Crippen LogP contribution in [-0.2, 0) is 11.2 Å². The van der Waals surface area contributed by atoms with Crippen LogP contribution < -0.4 is 14.8 Å². The number of hydrogen-bond donors (Lipinski definition) is 1. The number of fused-ring (bicyclic) bond motifs is 1. The Labute approximate surface area is 157 Å². The molecule has 0 aliphatic heterocycles. The SMILES string of the molecule is COc1ccc([N+](=O)[O-])cc1O[C@@H](C)C(=O)N[C@@H]1CCCc2ccccc21. The predicted octanol–water partition coefficient (Wildman–Crippen LogP) is 3.56. The van der Waals surface area contributed by atoms with Gasteiger partial charge in [0.1, 0.15) is 0 Å². The first-order valence-corrected chi connectivity index (χ1v) is 8.87. The Morgan fingerprint density at radius 2 is 2.04 bits per heavy atom. The number of aryl methyl sites for hydroxylation is 1. The second-order valence-electron chi connectivity index (χ2n) is 6.50. The van der Waals surface area contributed by atoms with E-state index in [2.05, 4.69) is 11.4 Å². The van der Waals surface area contributed by atoms with Gasteiger partial charge in [-0.15, -0.1) is 0 Å². The van der Waals surface area contributed by atoms with Crippen molar-refractivity contribution in [2.45, 2.75) is 38.3 Å². The minimum atomic E-state index is -0.824. The highest BCUT2D eigenvalue weighted by atomic mass is 16.6. The highest BCUT2D eigenvalue weighted by Gasteiger charge is 2.25. The van der Waals surface area contributed by atoms with Crippen molar-refractivity contribution in [1.82, 2.24) is 5.32 Å². The van der Waals surface area contributed by atoms with E-state index >= 15 is 0 Å². The molecule has 0 spiro atoms. The molecule has 0 aromatic heterocycles. The third-order valence-electron chi connectivity index (χ3n) is 4.72. The number of nitro groups is 1. The average Bonchev–Trinajstić information content (AvgIpc) is 2.68. The number of rotatable bonds is 6. The Kier molecular flexibility index (Phi) is 5.59. The van der Waals surface area contributed by atoms with Crippen LogP contribution >= 0.6 is 0 Å². The summed E-state index contributed by atoms with van der Waals surface area (Å²) in [6, 6.07) is 12.1. The van der Waals surface area contributed by atoms with E-state index in [0.29, 0.717) is 5.75 Å². The zero-order chi connectivity index (χ0) is 19.4. The molecular weight excluding hydrogens is 348 g/mol. The van der Waals surface area contributed by atoms with E-state index in [1.807, 2.05) is 18.2 Å². The molecule has 0 radical (unpaired) electrons. The van der Waals surface area contributed by atoms with Crippen molar-refractivity contribution in [1.29, 1.82) is 0 Å². The molecule has 7 heteroatoms. The maximum atomic E-state index is 12.6. The molecular formula is C20H22N2O5. The van der Waals surface area contributed by atoms with Crippen LogP contribution in [0.5, 0.6) is 11.5 Å². The smallest absolute Gasteiger partial charge is 0.273 e. The molecule has 1 N–H and O–H groups in total. The number of benzene rings is 2. The van der Waals surface area contributed by atoms with Gasteiger partial charge in [-0.2, -0.15) is 0 Å². The lowest BCUT2D eigenvalue weighted by molar-refractivity contribution is -0.385. The fraction of sp³-hybridized carbons (Fsp3) is 0.350. The molecule has 2 aromatic rings. The number of methoxy groups -OCH3 is 1. The van der Waals surface area contributed by atoms with E-state index in [1.165, 1.54) is 30.9 Å². The highest BCUT2D eigenvalue weighted by molar-refractivity contribution is 5.81. The average molecular weight is 370 g/mol. The normalized spacial score (nSPS) is 16.7. The molecule has 0 fully saturated rings. The molecule has 0 heterocycles. The number of nitrogens with zero attached hydrogens (tertiary/aromatic N) is 1. The number of nitro benzene ring substituents is 1. The van der Waals surface area contributed by atoms with E-state index in [9.17, 15) is 14.9 Å². The summed E-state index contributed by atoms with van der Waals surface area (Å²) in [7, 11) is 1.44. The van der Waals surface area contributed by atoms with Crippen LogP contribution in [0, 0.1) is 10.1 Å². The number of nitrogens with one attached hydrogen (secondary N) is 1. The summed E-state index contributed by atoms with van der Waals surface area (Å²) in [5, 5.41) is 14.0. The molecule has 7 nitrogen and oxygen atoms in total. The maximum Gasteiger partial charge on any atom is 0.273 e. The van der Waals surface area contributed by atoms with Crippen LogP contribution in [0.25, 0.3) is 0 Å². The molecule has 1 aliphatic rings. The lowest BCUT2D eigenvalue weighted by Gasteiger charge is -2.27. The van der Waals surface area contributed by atoms with Gasteiger partial charge in [-0.25, -0.2) is 0 Å². The Morgan fingerprint density at radius 3 is 2.78 bits per heavy atom. The Bertz CT molecular complexity index is 852. The van der Waals surface area contributed by atoms with Gasteiger partial charge in [0.05, 0.1) is 24.1 Å². The maximum absolute atomic E-state index is 12.6. The molecule has 1 amide bonds. The number of non-ortho nitro benzene ring substituents is 1. The van der Waals surface area contributed by atoms with E-state index < -0.39 is 11.0 Å². The van der Waals surface area contributed by atoms with Gasteiger partial charge in [0.25, 0.3) is 11.6 Å². The van der Waals surface area contributed by atoms with Crippen LogP contribution in [0.15, 0.2) is 42.5 Å². The van der Waals surface area contributed by atoms with Gasteiger partial charge < -0.3 is 14.8 Å². The third kappa shape index (κ3) is 4.19. The lowest BCUT2D eigenvalue weighted by atomic mass is 9.87. The second-order valence-corrected chi connectivity index (χ2v) is 6.50. The monoisotopic (exact) mass is 370 g/mol. The van der Waals surface area contributed by atoms with Crippen molar-refractivity contribution in [3.8, 4) is 11.5 Å². The molecule has 0 saturated carbocycles. The molecule has 2 atom stereocenters. The van der Waals surface area contributed by atoms with Crippen molar-refractivity contribution < 1.29 is 19.2 Å². The van der Waals surface area contributed by atoms with Crippen molar-refractivity contribution in [2.75, 3.05) is 7.11 Å². The van der Waals surface area contributed by atoms with Gasteiger partial charge in [-0.1, -0.05) is 24.3 Å². The van der Waals surface area contributed by atoms with Gasteiger partial charge in [-0.3, -0.25) is 14.9 Å². The summed E-state index contributed by atoms with van der Waals surface area (Å²) >= 11 is 0. The predicted molar refractivity (Wildman–Crippen MR) is 100 cm³/mol. The van der Waals surface area contributed by atoms with Crippen LogP contribution in [-0.4, -0.2) is 24.0 Å². The molecule has 0 unspecified atom stereocenters. The van der Waals surface area contributed by atoms with E-state index in [-0.39, 0.29) is 23.4 Å². The van der Waals surface area contributed by atoms with E-state index in [4.69, 9.17) is 9.47 Å². The quantitative estimate of drug-likeness (QED) is 0.620. The fourth-order valence-electron chi connectivity index (χ4n) is 3.31. The Balaban J connectivity index is 1.72. The number of carbonyl (C=O) groups is 1. The first-order chi connectivity index (χ1) is 13.0. The van der Waals surface area contributed by atoms with Gasteiger partial charge in [0, 0.05) is 6.07 Å². The number of ether oxygens (including phenoxy) is 2. The molecule has 142 valence electrons. The van der Waals surface area contributed by atoms with E-state index in [1.54, 1.807) is 6.92 Å². The van der Waals surface area contributed by atoms with Crippen LogP contribution in [0.1, 0.15) is 36.9 Å². The lowest BCUT2D eigenvalue weighted by Crippen LogP contribution is -2.39. The summed E-state index contributed by atoms with van der Waals surface area (Å²) in [5.41, 5.74) is 2.26. The largest absolute Gasteiger partial charge is 0.493 e. The molecule has 2 aromatic carbocycles. The summed E-state index contributed by atoms with van der Waals surface area (Å²) in [6.45, 7) is 1.61. The topological polar surface area (TPSA) is 90.7 Å². The van der Waals surface area contributed by atoms with Crippen LogP contribution in [0.2, 0.25) is 0 Å². The van der Waals surface area contributed by atoms with Crippen LogP contribution in [0.3, 0.4) is 0 Å². The first kappa shape index (κ1) is 18.7. The summed E-state index contributed by atoms with van der Waals surface area (Å²) in [6.07, 6.45) is 2.07. The molecule has 1 aliphatic carbocycles. The van der Waals surface area contributed by atoms with Gasteiger partial charge in [0.2, 0.25) is 0 Å². The standard InChI is InChI=1S/C20H22N2O5/c1-13(27-19-12-15(22(24)25)10-11-18(19)26-2)20(23)21-17-9-5-7-14-6-3-4-8-16(14)17/h3-4,6,8,10-13,17H,5,7,9H2,1-2H3,(H,21,23)/t13-,17+/m0/s1. The molecule has 0 saturated heterocycles. The van der Waals surface area contributed by atoms with Crippen molar-refractivity contribution in [3.05, 3.63) is 63.7 Å². The second kappa shape index (κ2) is 8.07. The Morgan fingerprint density at radius 1 is 1.26 bits per heavy atom.